The van der Waals surface area contributed by atoms with Crippen LogP contribution in [0.2, 0.25) is 0 Å². The van der Waals surface area contributed by atoms with Gasteiger partial charge in [0.1, 0.15) is 11.5 Å². The zero-order valence-corrected chi connectivity index (χ0v) is 35.2. The number of carbonyl (C=O) groups excluding carboxylic acids is 5. The molecule has 0 fully saturated rings. The molecular formula is C40H64N12O8. The van der Waals surface area contributed by atoms with Crippen LogP contribution < -0.4 is 52.2 Å². The van der Waals surface area contributed by atoms with Crippen LogP contribution >= 0.6 is 0 Å². The Balaban J connectivity index is 1.72. The molecule has 20 heteroatoms. The number of hydrogen-bond acceptors (Lipinski definition) is 15. The van der Waals surface area contributed by atoms with E-state index in [1.165, 1.54) is 14.2 Å². The first kappa shape index (κ1) is 47.7. The Labute approximate surface area is 352 Å². The standard InChI is InChI=1S/C40H64N12O8/c1-41-10-24-52-25-17-48-47-16-23-49(18-11-42-29-53)26-27-50-19-12-43-37(55)30-6-4-8-32(35(30)59-2)39(57)45-14-21-51(28-34(52)54)22-15-46-40(58)33-9-5-7-31(36(33)60-3)38(56)44-13-20-50/h4-9,41-42,47-48,53H,10-29H2,1-3H3,(H,43,55)(H,44,56)(H,45,57)(H,46,58). The van der Waals surface area contributed by atoms with Gasteiger partial charge in [0.25, 0.3) is 23.6 Å². The summed E-state index contributed by atoms with van der Waals surface area (Å²) in [6.45, 7) is 7.73. The molecule has 2 aromatic carbocycles. The molecule has 0 aliphatic carbocycles. The lowest BCUT2D eigenvalue weighted by atomic mass is 10.1. The van der Waals surface area contributed by atoms with Gasteiger partial charge >= 0.3 is 0 Å². The molecule has 0 spiro atoms. The van der Waals surface area contributed by atoms with Gasteiger partial charge in [-0.3, -0.25) is 54.8 Å². The number of rotatable bonds is 9. The first-order valence-corrected chi connectivity index (χ1v) is 20.5. The van der Waals surface area contributed by atoms with Crippen molar-refractivity contribution in [3.63, 3.8) is 0 Å². The van der Waals surface area contributed by atoms with Gasteiger partial charge in [-0.15, -0.1) is 0 Å². The minimum Gasteiger partial charge on any atom is -0.495 e. The van der Waals surface area contributed by atoms with Crippen molar-refractivity contribution in [3.8, 4) is 11.5 Å². The number of benzene rings is 2. The smallest absolute Gasteiger partial charge is 0.255 e. The first-order valence-electron chi connectivity index (χ1n) is 20.5. The fraction of sp³-hybridized carbons (Fsp3) is 0.575. The number of amides is 5. The molecule has 9 N–H and O–H groups in total. The quantitative estimate of drug-likeness (QED) is 0.0902. The molecule has 5 rings (SSSR count). The molecule has 0 saturated carbocycles. The summed E-state index contributed by atoms with van der Waals surface area (Å²) in [5.74, 6) is -1.58. The van der Waals surface area contributed by atoms with E-state index in [-0.39, 0.29) is 92.2 Å². The predicted molar refractivity (Wildman–Crippen MR) is 226 cm³/mol. The zero-order valence-electron chi connectivity index (χ0n) is 35.2. The Hall–Kier alpha value is -4.93. The van der Waals surface area contributed by atoms with Gasteiger partial charge in [-0.1, -0.05) is 12.1 Å². The number of para-hydroxylation sites is 2. The molecule has 3 aliphatic heterocycles. The molecule has 60 heavy (non-hydrogen) atoms. The van der Waals surface area contributed by atoms with Crippen molar-refractivity contribution >= 4 is 29.5 Å². The van der Waals surface area contributed by atoms with Gasteiger partial charge in [0.05, 0.1) is 49.7 Å². The van der Waals surface area contributed by atoms with E-state index in [1.807, 2.05) is 11.9 Å². The van der Waals surface area contributed by atoms with E-state index in [2.05, 4.69) is 52.6 Å². The van der Waals surface area contributed by atoms with Crippen LogP contribution in [0.25, 0.3) is 0 Å². The Morgan fingerprint density at radius 1 is 0.583 bits per heavy atom. The number of aliphatic hydroxyl groups is 1. The molecular weight excluding hydrogens is 777 g/mol. The Morgan fingerprint density at radius 2 is 1.05 bits per heavy atom. The van der Waals surface area contributed by atoms with Crippen LogP contribution in [0, 0.1) is 0 Å². The van der Waals surface area contributed by atoms with Gasteiger partial charge in [-0.25, -0.2) is 0 Å². The van der Waals surface area contributed by atoms with Crippen LogP contribution in [0.1, 0.15) is 41.4 Å². The number of fused-ring (bicyclic) bond motifs is 23. The number of carbonyl (C=O) groups is 5. The highest BCUT2D eigenvalue weighted by atomic mass is 16.5. The van der Waals surface area contributed by atoms with E-state index in [9.17, 15) is 29.1 Å². The third kappa shape index (κ3) is 15.0. The number of nitrogens with one attached hydrogen (secondary N) is 8. The second kappa shape index (κ2) is 26.3. The maximum absolute atomic E-state index is 13.9. The van der Waals surface area contributed by atoms with Gasteiger partial charge < -0.3 is 46.1 Å². The van der Waals surface area contributed by atoms with Crippen molar-refractivity contribution in [2.45, 2.75) is 0 Å². The number of likely N-dealkylation sites (N-methyl/N-ethyl adjacent to an activating group) is 1. The summed E-state index contributed by atoms with van der Waals surface area (Å²) in [4.78, 5) is 76.2. The molecule has 3 heterocycles. The maximum atomic E-state index is 13.9. The summed E-state index contributed by atoms with van der Waals surface area (Å²) in [5, 5.41) is 27.2. The van der Waals surface area contributed by atoms with Crippen molar-refractivity contribution in [2.24, 2.45) is 0 Å². The average Bonchev–Trinajstić information content (AvgIpc) is 3.25. The average molecular weight is 841 g/mol. The third-order valence-corrected chi connectivity index (χ3v) is 10.2. The van der Waals surface area contributed by atoms with E-state index in [0.717, 1.165) is 0 Å². The number of nitrogens with zero attached hydrogens (tertiary/aromatic N) is 4. The summed E-state index contributed by atoms with van der Waals surface area (Å²) in [5.41, 5.74) is 7.28. The van der Waals surface area contributed by atoms with E-state index in [1.54, 1.807) is 41.3 Å². The van der Waals surface area contributed by atoms with Crippen LogP contribution in [-0.2, 0) is 4.79 Å². The minimum absolute atomic E-state index is 0.00862. The van der Waals surface area contributed by atoms with Crippen molar-refractivity contribution in [3.05, 3.63) is 58.7 Å². The van der Waals surface area contributed by atoms with Crippen LogP contribution in [-0.4, -0.2) is 207 Å². The largest absolute Gasteiger partial charge is 0.495 e. The summed E-state index contributed by atoms with van der Waals surface area (Å²) in [6, 6.07) is 9.62. The Morgan fingerprint density at radius 3 is 1.50 bits per heavy atom. The lowest BCUT2D eigenvalue weighted by molar-refractivity contribution is -0.132. The van der Waals surface area contributed by atoms with Crippen molar-refractivity contribution in [1.82, 2.24) is 62.4 Å². The molecule has 0 atom stereocenters. The Kier molecular flexibility index (Phi) is 20.9. The Bertz CT molecular complexity index is 1610. The van der Waals surface area contributed by atoms with Gasteiger partial charge in [0.2, 0.25) is 5.91 Å². The monoisotopic (exact) mass is 840 g/mol. The van der Waals surface area contributed by atoms with E-state index < -0.39 is 23.6 Å². The summed E-state index contributed by atoms with van der Waals surface area (Å²) in [6.07, 6.45) is 0. The molecule has 2 aromatic rings. The summed E-state index contributed by atoms with van der Waals surface area (Å²) in [7, 11) is 4.64. The highest BCUT2D eigenvalue weighted by Gasteiger charge is 2.24. The molecule has 3 aliphatic rings. The van der Waals surface area contributed by atoms with E-state index >= 15 is 0 Å². The van der Waals surface area contributed by atoms with Crippen LogP contribution in [0.5, 0.6) is 11.5 Å². The lowest BCUT2D eigenvalue weighted by Gasteiger charge is -2.29. The molecule has 0 unspecified atom stereocenters. The predicted octanol–water partition coefficient (Wildman–Crippen LogP) is -3.06. The summed E-state index contributed by atoms with van der Waals surface area (Å²) < 4.78 is 11.2. The van der Waals surface area contributed by atoms with Crippen LogP contribution in [0.3, 0.4) is 0 Å². The third-order valence-electron chi connectivity index (χ3n) is 10.2. The molecule has 0 aromatic heterocycles. The minimum atomic E-state index is -0.450. The number of hydrogen-bond donors (Lipinski definition) is 9. The van der Waals surface area contributed by atoms with Gasteiger partial charge in [0, 0.05) is 118 Å². The fourth-order valence-corrected chi connectivity index (χ4v) is 6.94. The van der Waals surface area contributed by atoms with E-state index in [0.29, 0.717) is 78.5 Å². The molecule has 0 saturated heterocycles. The second-order valence-corrected chi connectivity index (χ2v) is 14.3. The lowest BCUT2D eigenvalue weighted by Crippen LogP contribution is -2.49. The van der Waals surface area contributed by atoms with Crippen LogP contribution in [0.15, 0.2) is 36.4 Å². The normalized spacial score (nSPS) is 20.6. The van der Waals surface area contributed by atoms with Gasteiger partial charge in [-0.05, 0) is 31.3 Å². The number of hydrazine groups is 1. The van der Waals surface area contributed by atoms with Gasteiger partial charge in [0.15, 0.2) is 0 Å². The van der Waals surface area contributed by atoms with Crippen molar-refractivity contribution in [1.29, 1.82) is 0 Å². The zero-order chi connectivity index (χ0) is 43.1. The topological polar surface area (TPSA) is 233 Å². The second-order valence-electron chi connectivity index (χ2n) is 14.3. The summed E-state index contributed by atoms with van der Waals surface area (Å²) >= 11 is 0. The van der Waals surface area contributed by atoms with E-state index in [4.69, 9.17) is 9.47 Å². The highest BCUT2D eigenvalue weighted by Crippen LogP contribution is 2.25. The molecule has 20 nitrogen and oxygen atoms in total. The fourth-order valence-electron chi connectivity index (χ4n) is 6.94. The molecule has 0 radical (unpaired) electrons. The number of methoxy groups -OCH3 is 2. The van der Waals surface area contributed by atoms with Gasteiger partial charge in [-0.2, -0.15) is 0 Å². The van der Waals surface area contributed by atoms with Crippen molar-refractivity contribution in [2.75, 3.05) is 152 Å². The highest BCUT2D eigenvalue weighted by molar-refractivity contribution is 6.05. The SMILES string of the molecule is CNCCN1CCNNCCN(CCNCO)CCN2CCNC(=O)c3cccc(c3OC)C(=O)NCCN(CCNC(=O)c3cccc(c3OC)C(=O)NCC2)CC1=O. The van der Waals surface area contributed by atoms with Crippen LogP contribution in [0.4, 0.5) is 0 Å². The molecule has 6 bridgehead atoms. The molecule has 332 valence electrons. The number of aliphatic hydroxyl groups excluding tert-OH is 1. The van der Waals surface area contributed by atoms with Crippen molar-refractivity contribution < 1.29 is 38.6 Å². The first-order chi connectivity index (χ1) is 29.2. The maximum Gasteiger partial charge on any atom is 0.255 e. The molecule has 5 amide bonds. The number of ether oxygens (including phenoxy) is 2.